The molecule has 184 valence electrons. The fourth-order valence-corrected chi connectivity index (χ4v) is 4.83. The predicted molar refractivity (Wildman–Crippen MR) is 136 cm³/mol. The first-order valence-electron chi connectivity index (χ1n) is 11.6. The predicted octanol–water partition coefficient (Wildman–Crippen LogP) is 3.77. The van der Waals surface area contributed by atoms with Crippen LogP contribution >= 0.6 is 0 Å². The highest BCUT2D eigenvalue weighted by Crippen LogP contribution is 2.45. The molecule has 0 aliphatic carbocycles. The number of halogens is 1. The monoisotopic (exact) mass is 495 g/mol. The lowest BCUT2D eigenvalue weighted by molar-refractivity contribution is -0.119. The molecule has 0 radical (unpaired) electrons. The quantitative estimate of drug-likeness (QED) is 0.346. The molecule has 4 N–H and O–H groups in total. The van der Waals surface area contributed by atoms with Crippen molar-refractivity contribution in [1.82, 2.24) is 24.3 Å². The van der Waals surface area contributed by atoms with Gasteiger partial charge < -0.3 is 20.6 Å². The first-order valence-corrected chi connectivity index (χ1v) is 11.6. The van der Waals surface area contributed by atoms with Crippen LogP contribution in [-0.4, -0.2) is 35.4 Å². The van der Waals surface area contributed by atoms with Gasteiger partial charge in [0.1, 0.15) is 34.3 Å². The summed E-state index contributed by atoms with van der Waals surface area (Å²) in [6.45, 7) is 3.52. The molecule has 0 unspecified atom stereocenters. The Morgan fingerprint density at radius 2 is 2.00 bits per heavy atom. The third-order valence-electron chi connectivity index (χ3n) is 6.83. The van der Waals surface area contributed by atoms with Crippen molar-refractivity contribution in [3.05, 3.63) is 94.8 Å². The Hall–Kier alpha value is -4.86. The van der Waals surface area contributed by atoms with Gasteiger partial charge in [0.05, 0.1) is 11.3 Å². The second kappa shape index (κ2) is 8.09. The summed E-state index contributed by atoms with van der Waals surface area (Å²) in [6.07, 6.45) is 5.51. The maximum absolute atomic E-state index is 13.8. The Balaban J connectivity index is 1.46. The molecule has 1 amide bonds. The number of hydrogen-bond donors (Lipinski definition) is 3. The number of nitrogens with two attached hydrogens (primary N) is 1. The minimum Gasteiger partial charge on any atom is -0.508 e. The Bertz CT molecular complexity index is 1730. The second-order valence-electron chi connectivity index (χ2n) is 9.27. The van der Waals surface area contributed by atoms with E-state index < -0.39 is 5.41 Å². The van der Waals surface area contributed by atoms with Crippen LogP contribution < -0.4 is 11.1 Å². The van der Waals surface area contributed by atoms with Crippen LogP contribution in [0.2, 0.25) is 0 Å². The van der Waals surface area contributed by atoms with Gasteiger partial charge in [-0.2, -0.15) is 0 Å². The number of phenols is 1. The van der Waals surface area contributed by atoms with Gasteiger partial charge in [-0.3, -0.25) is 4.79 Å². The second-order valence-corrected chi connectivity index (χ2v) is 9.27. The maximum Gasteiger partial charge on any atom is 0.240 e. The number of phenolic OH excluding ortho intramolecular Hbond substituents is 1. The van der Waals surface area contributed by atoms with Gasteiger partial charge in [-0.1, -0.05) is 24.3 Å². The number of carbonyl (C=O) groups is 1. The third kappa shape index (κ3) is 3.56. The maximum atomic E-state index is 13.8. The van der Waals surface area contributed by atoms with Crippen molar-refractivity contribution in [2.75, 3.05) is 11.1 Å². The van der Waals surface area contributed by atoms with E-state index >= 15 is 0 Å². The summed E-state index contributed by atoms with van der Waals surface area (Å²) in [5, 5.41) is 12.8. The van der Waals surface area contributed by atoms with Gasteiger partial charge in [-0.15, -0.1) is 0 Å². The highest BCUT2D eigenvalue weighted by molar-refractivity contribution is 6.09. The Morgan fingerprint density at radius 1 is 1.16 bits per heavy atom. The summed E-state index contributed by atoms with van der Waals surface area (Å²) < 4.78 is 15.6. The van der Waals surface area contributed by atoms with Crippen LogP contribution in [0.25, 0.3) is 17.2 Å². The summed E-state index contributed by atoms with van der Waals surface area (Å²) in [5.41, 5.74) is 9.49. The Morgan fingerprint density at radius 3 is 2.78 bits per heavy atom. The number of benzene rings is 2. The summed E-state index contributed by atoms with van der Waals surface area (Å²) >= 11 is 0. The molecule has 0 saturated carbocycles. The average Bonchev–Trinajstić information content (AvgIpc) is 3.44. The largest absolute Gasteiger partial charge is 0.508 e. The van der Waals surface area contributed by atoms with Crippen molar-refractivity contribution in [3.63, 3.8) is 0 Å². The van der Waals surface area contributed by atoms with Gasteiger partial charge in [0.25, 0.3) is 0 Å². The van der Waals surface area contributed by atoms with E-state index in [9.17, 15) is 14.3 Å². The number of imidazole rings is 1. The standard InChI is InChI=1S/C27H22FN7O2/c1-14-10-16(6-7-20(14)36)27(2)21-22(29)32-23(33-24(21)34-26(27)37)19-13-35-9-8-30-25(35)18(31-19)12-15-4-3-5-17(28)11-15/h3-11,13,36H,12H2,1-2H3,(H3,29,32,33,34,37)/t27-/m1/s1. The number of aromatic nitrogens is 5. The van der Waals surface area contributed by atoms with E-state index in [-0.39, 0.29) is 29.1 Å². The molecule has 2 aromatic carbocycles. The fourth-order valence-electron chi connectivity index (χ4n) is 4.83. The molecule has 5 aromatic rings. The molecule has 0 spiro atoms. The molecule has 1 aliphatic rings. The number of nitrogens with zero attached hydrogens (tertiary/aromatic N) is 5. The van der Waals surface area contributed by atoms with E-state index in [1.54, 1.807) is 61.1 Å². The number of carbonyl (C=O) groups excluding carboxylic acids is 1. The van der Waals surface area contributed by atoms with Crippen molar-refractivity contribution in [1.29, 1.82) is 0 Å². The van der Waals surface area contributed by atoms with Gasteiger partial charge in [-0.05, 0) is 48.7 Å². The number of hydrogen-bond acceptors (Lipinski definition) is 7. The van der Waals surface area contributed by atoms with E-state index in [0.29, 0.717) is 46.0 Å². The normalized spacial score (nSPS) is 16.7. The molecule has 3 aromatic heterocycles. The van der Waals surface area contributed by atoms with Gasteiger partial charge >= 0.3 is 0 Å². The van der Waals surface area contributed by atoms with Crippen LogP contribution in [0.4, 0.5) is 16.0 Å². The van der Waals surface area contributed by atoms with Gasteiger partial charge in [0, 0.05) is 25.0 Å². The van der Waals surface area contributed by atoms with E-state index in [2.05, 4.69) is 20.3 Å². The molecule has 0 bridgehead atoms. The Kier molecular flexibility index (Phi) is 4.94. The number of aryl methyl sites for hydroxylation is 1. The van der Waals surface area contributed by atoms with Crippen molar-refractivity contribution in [2.24, 2.45) is 0 Å². The van der Waals surface area contributed by atoms with Crippen LogP contribution in [0.15, 0.2) is 61.1 Å². The highest BCUT2D eigenvalue weighted by Gasteiger charge is 2.47. The van der Waals surface area contributed by atoms with Crippen molar-refractivity contribution in [3.8, 4) is 17.3 Å². The first kappa shape index (κ1) is 22.6. The van der Waals surface area contributed by atoms with Crippen LogP contribution in [0.1, 0.15) is 34.9 Å². The highest BCUT2D eigenvalue weighted by atomic mass is 19.1. The van der Waals surface area contributed by atoms with Crippen molar-refractivity contribution < 1.29 is 14.3 Å². The average molecular weight is 496 g/mol. The van der Waals surface area contributed by atoms with E-state index in [0.717, 1.165) is 5.56 Å². The number of amides is 1. The lowest BCUT2D eigenvalue weighted by atomic mass is 9.77. The number of nitrogen functional groups attached to an aromatic ring is 1. The van der Waals surface area contributed by atoms with Crippen LogP contribution in [-0.2, 0) is 16.6 Å². The number of anilines is 2. The smallest absolute Gasteiger partial charge is 0.240 e. The molecule has 10 heteroatoms. The molecule has 6 rings (SSSR count). The van der Waals surface area contributed by atoms with Crippen molar-refractivity contribution >= 4 is 23.2 Å². The van der Waals surface area contributed by atoms with E-state index in [4.69, 9.17) is 10.7 Å². The van der Waals surface area contributed by atoms with Crippen LogP contribution in [0.3, 0.4) is 0 Å². The molecule has 1 aliphatic heterocycles. The summed E-state index contributed by atoms with van der Waals surface area (Å²) in [7, 11) is 0. The molecule has 0 fully saturated rings. The molecule has 4 heterocycles. The van der Waals surface area contributed by atoms with Crippen LogP contribution in [0.5, 0.6) is 5.75 Å². The zero-order chi connectivity index (χ0) is 25.9. The fraction of sp³-hybridized carbons (Fsp3) is 0.148. The minimum absolute atomic E-state index is 0.139. The van der Waals surface area contributed by atoms with Gasteiger partial charge in [-0.25, -0.2) is 24.3 Å². The van der Waals surface area contributed by atoms with Crippen molar-refractivity contribution in [2.45, 2.75) is 25.7 Å². The van der Waals surface area contributed by atoms with E-state index in [1.165, 1.54) is 12.1 Å². The molecular weight excluding hydrogens is 473 g/mol. The lowest BCUT2D eigenvalue weighted by Crippen LogP contribution is -2.33. The zero-order valence-corrected chi connectivity index (χ0v) is 20.0. The zero-order valence-electron chi connectivity index (χ0n) is 20.0. The Labute approximate surface area is 210 Å². The van der Waals surface area contributed by atoms with Gasteiger partial charge in [0.2, 0.25) is 5.91 Å². The first-order chi connectivity index (χ1) is 17.7. The lowest BCUT2D eigenvalue weighted by Gasteiger charge is -2.24. The molecule has 9 nitrogen and oxygen atoms in total. The minimum atomic E-state index is -1.14. The topological polar surface area (TPSA) is 131 Å². The number of aromatic hydroxyl groups is 1. The number of nitrogens with one attached hydrogen (secondary N) is 1. The SMILES string of the molecule is Cc1cc([C@@]2(C)C(=O)Nc3nc(-c4cn5ccnc5c(Cc5cccc(F)c5)n4)nc(N)c32)ccc1O. The van der Waals surface area contributed by atoms with Gasteiger partial charge in [0.15, 0.2) is 11.5 Å². The number of rotatable bonds is 4. The number of fused-ring (bicyclic) bond motifs is 2. The molecule has 0 saturated heterocycles. The van der Waals surface area contributed by atoms with E-state index in [1.807, 2.05) is 6.07 Å². The summed E-state index contributed by atoms with van der Waals surface area (Å²) in [5.74, 6) is 0.200. The summed E-state index contributed by atoms with van der Waals surface area (Å²) in [6, 6.07) is 11.3. The molecular formula is C27H22FN7O2. The molecule has 1 atom stereocenters. The third-order valence-corrected chi connectivity index (χ3v) is 6.83. The molecule has 37 heavy (non-hydrogen) atoms. The summed E-state index contributed by atoms with van der Waals surface area (Å²) in [4.78, 5) is 31.5. The van der Waals surface area contributed by atoms with Crippen LogP contribution in [0, 0.1) is 12.7 Å².